The number of hydrogen-bond acceptors (Lipinski definition) is 7. The average Bonchev–Trinajstić information content (AvgIpc) is 3.44. The van der Waals surface area contributed by atoms with Gasteiger partial charge in [0.1, 0.15) is 12.1 Å². The number of rotatable bonds is 10. The molecule has 6 rings (SSSR count). The van der Waals surface area contributed by atoms with Crippen LogP contribution in [0.2, 0.25) is 0 Å². The van der Waals surface area contributed by atoms with Gasteiger partial charge in [0.2, 0.25) is 0 Å². The Morgan fingerprint density at radius 2 is 1.73 bits per heavy atom. The van der Waals surface area contributed by atoms with E-state index in [1.165, 1.54) is 68.8 Å². The zero-order valence-corrected chi connectivity index (χ0v) is 25.5. The van der Waals surface area contributed by atoms with Gasteiger partial charge in [-0.15, -0.1) is 0 Å². The average molecular weight is 615 g/mol. The molecule has 2 aromatic heterocycles. The smallest absolute Gasteiger partial charge is 0.262 e. The predicted octanol–water partition coefficient (Wildman–Crippen LogP) is 6.52. The van der Waals surface area contributed by atoms with Crippen molar-refractivity contribution in [1.82, 2.24) is 19.4 Å². The number of anilines is 3. The van der Waals surface area contributed by atoms with Crippen LogP contribution in [0.1, 0.15) is 19.3 Å². The Morgan fingerprint density at radius 3 is 2.48 bits per heavy atom. The number of benzene rings is 3. The number of nitrogens with one attached hydrogen (secondary N) is 2. The van der Waals surface area contributed by atoms with Gasteiger partial charge in [-0.25, -0.2) is 22.8 Å². The minimum absolute atomic E-state index is 0.0272. The van der Waals surface area contributed by atoms with Crippen molar-refractivity contribution in [3.05, 3.63) is 91.1 Å². The fraction of sp³-hybridized carbons (Fsp3) is 0.273. The molecule has 3 aromatic carbocycles. The van der Waals surface area contributed by atoms with Crippen LogP contribution in [0.25, 0.3) is 22.2 Å². The van der Waals surface area contributed by atoms with Gasteiger partial charge in [-0.3, -0.25) is 4.72 Å². The summed E-state index contributed by atoms with van der Waals surface area (Å²) in [6.45, 7) is 3.41. The summed E-state index contributed by atoms with van der Waals surface area (Å²) in [5, 5.41) is 4.42. The lowest BCUT2D eigenvalue weighted by Crippen LogP contribution is -2.30. The van der Waals surface area contributed by atoms with Gasteiger partial charge in [0.25, 0.3) is 10.0 Å². The Bertz CT molecular complexity index is 1870. The van der Waals surface area contributed by atoms with E-state index in [0.29, 0.717) is 17.2 Å². The normalized spacial score (nSPS) is 14.5. The molecule has 2 N–H and O–H groups in total. The summed E-state index contributed by atoms with van der Waals surface area (Å²) in [5.74, 6) is 0.616. The second-order valence-corrected chi connectivity index (χ2v) is 12.9. The molecule has 1 saturated heterocycles. The van der Waals surface area contributed by atoms with E-state index in [1.807, 2.05) is 6.07 Å². The molecule has 11 heteroatoms. The maximum Gasteiger partial charge on any atom is 0.262 e. The van der Waals surface area contributed by atoms with Crippen LogP contribution in [0.5, 0.6) is 5.75 Å². The summed E-state index contributed by atoms with van der Waals surface area (Å²) in [6, 6.07) is 20.6. The molecule has 1 aliphatic heterocycles. The number of piperidine rings is 1. The van der Waals surface area contributed by atoms with Crippen LogP contribution in [-0.4, -0.2) is 55.1 Å². The maximum absolute atomic E-state index is 14.0. The highest BCUT2D eigenvalue weighted by atomic mass is 32.2. The van der Waals surface area contributed by atoms with Gasteiger partial charge in [0.15, 0.2) is 11.6 Å². The molecule has 0 aliphatic carbocycles. The molecule has 0 radical (unpaired) electrons. The number of likely N-dealkylation sites (tertiary alicyclic amines) is 1. The third-order valence-electron chi connectivity index (χ3n) is 8.19. The highest BCUT2D eigenvalue weighted by Gasteiger charge is 2.18. The van der Waals surface area contributed by atoms with Crippen molar-refractivity contribution in [1.29, 1.82) is 0 Å². The Balaban J connectivity index is 1.10. The Hall–Kier alpha value is -4.48. The van der Waals surface area contributed by atoms with Crippen LogP contribution in [0.4, 0.5) is 21.6 Å². The van der Waals surface area contributed by atoms with Crippen LogP contribution in [0, 0.1) is 11.7 Å². The molecule has 3 heterocycles. The van der Waals surface area contributed by atoms with E-state index < -0.39 is 15.8 Å². The fourth-order valence-electron chi connectivity index (χ4n) is 5.61. The zero-order chi connectivity index (χ0) is 30.7. The van der Waals surface area contributed by atoms with Gasteiger partial charge >= 0.3 is 0 Å². The second-order valence-electron chi connectivity index (χ2n) is 11.2. The van der Waals surface area contributed by atoms with Gasteiger partial charge in [-0.1, -0.05) is 6.07 Å². The highest BCUT2D eigenvalue weighted by Crippen LogP contribution is 2.28. The highest BCUT2D eigenvalue weighted by molar-refractivity contribution is 7.92. The van der Waals surface area contributed by atoms with Gasteiger partial charge < -0.3 is 19.5 Å². The Morgan fingerprint density at radius 1 is 0.955 bits per heavy atom. The van der Waals surface area contributed by atoms with E-state index in [9.17, 15) is 12.8 Å². The van der Waals surface area contributed by atoms with Crippen LogP contribution in [0.15, 0.2) is 90.2 Å². The summed E-state index contributed by atoms with van der Waals surface area (Å²) >= 11 is 0. The van der Waals surface area contributed by atoms with Gasteiger partial charge in [-0.2, -0.15) is 0 Å². The van der Waals surface area contributed by atoms with E-state index in [0.717, 1.165) is 29.8 Å². The number of ether oxygens (including phenoxy) is 1. The lowest BCUT2D eigenvalue weighted by Gasteiger charge is -2.29. The molecule has 9 nitrogen and oxygen atoms in total. The van der Waals surface area contributed by atoms with Crippen molar-refractivity contribution in [2.45, 2.75) is 30.7 Å². The topological polar surface area (TPSA) is 101 Å². The third-order valence-corrected chi connectivity index (χ3v) is 9.57. The number of aromatic nitrogens is 3. The minimum Gasteiger partial charge on any atom is -0.494 e. The van der Waals surface area contributed by atoms with E-state index in [4.69, 9.17) is 4.74 Å². The molecular weight excluding hydrogens is 579 g/mol. The van der Waals surface area contributed by atoms with E-state index in [1.54, 1.807) is 24.3 Å². The Kier molecular flexibility index (Phi) is 8.49. The standard InChI is InChI=1S/C33H35FN6O3S/c1-39-15-11-23(12-16-39)13-17-40-18-14-25-19-24(3-9-31(25)40)30-21-33(36-22-35-30)37-26-4-6-27(7-5-26)38-44(41,42)28-8-10-32(43-2)29(34)20-28/h3-10,14,18-23,38H,11-13,15-17H2,1-2H3,(H,35,36,37). The number of methoxy groups -OCH3 is 1. The lowest BCUT2D eigenvalue weighted by molar-refractivity contribution is 0.208. The summed E-state index contributed by atoms with van der Waals surface area (Å²) < 4.78 is 49.2. The molecule has 1 aliphatic rings. The van der Waals surface area contributed by atoms with Gasteiger partial charge in [0, 0.05) is 46.6 Å². The molecular formula is C33H35FN6O3S. The van der Waals surface area contributed by atoms with E-state index in [2.05, 4.69) is 67.0 Å². The summed E-state index contributed by atoms with van der Waals surface area (Å²) in [5.41, 5.74) is 4.06. The monoisotopic (exact) mass is 614 g/mol. The van der Waals surface area contributed by atoms with Gasteiger partial charge in [0.05, 0.1) is 17.7 Å². The van der Waals surface area contributed by atoms with Crippen LogP contribution >= 0.6 is 0 Å². The number of hydrogen-bond donors (Lipinski definition) is 2. The molecule has 1 fully saturated rings. The van der Waals surface area contributed by atoms with E-state index in [-0.39, 0.29) is 10.6 Å². The van der Waals surface area contributed by atoms with E-state index >= 15 is 0 Å². The number of sulfonamides is 1. The van der Waals surface area contributed by atoms with Crippen molar-refractivity contribution in [2.75, 3.05) is 37.3 Å². The number of fused-ring (bicyclic) bond motifs is 1. The van der Waals surface area contributed by atoms with Crippen LogP contribution in [0.3, 0.4) is 0 Å². The third kappa shape index (κ3) is 6.68. The first-order valence-corrected chi connectivity index (χ1v) is 16.1. The van der Waals surface area contributed by atoms with Crippen LogP contribution in [-0.2, 0) is 16.6 Å². The second kappa shape index (κ2) is 12.6. The molecule has 0 unspecified atom stereocenters. The first-order valence-electron chi connectivity index (χ1n) is 14.6. The zero-order valence-electron chi connectivity index (χ0n) is 24.7. The molecule has 0 bridgehead atoms. The number of nitrogens with zero attached hydrogens (tertiary/aromatic N) is 4. The van der Waals surface area contributed by atoms with Crippen LogP contribution < -0.4 is 14.8 Å². The van der Waals surface area contributed by atoms with Crippen molar-refractivity contribution in [2.24, 2.45) is 5.92 Å². The molecule has 5 aromatic rings. The lowest BCUT2D eigenvalue weighted by atomic mass is 9.94. The first kappa shape index (κ1) is 29.6. The van der Waals surface area contributed by atoms with Crippen molar-refractivity contribution < 1.29 is 17.5 Å². The van der Waals surface area contributed by atoms with Crippen molar-refractivity contribution >= 4 is 38.1 Å². The summed E-state index contributed by atoms with van der Waals surface area (Å²) in [4.78, 5) is 11.1. The predicted molar refractivity (Wildman–Crippen MR) is 171 cm³/mol. The number of halogens is 1. The SMILES string of the molecule is COc1ccc(S(=O)(=O)Nc2ccc(Nc3cc(-c4ccc5c(ccn5CCC5CCN(C)CC5)c4)ncn3)cc2)cc1F. The first-order chi connectivity index (χ1) is 21.3. The largest absolute Gasteiger partial charge is 0.494 e. The minimum atomic E-state index is -3.98. The molecule has 0 spiro atoms. The number of aryl methyl sites for hydroxylation is 1. The quantitative estimate of drug-likeness (QED) is 0.185. The van der Waals surface area contributed by atoms with Crippen molar-refractivity contribution in [3.8, 4) is 17.0 Å². The fourth-order valence-corrected chi connectivity index (χ4v) is 6.68. The molecule has 0 atom stereocenters. The van der Waals surface area contributed by atoms with Crippen molar-refractivity contribution in [3.63, 3.8) is 0 Å². The Labute approximate surface area is 256 Å². The maximum atomic E-state index is 14.0. The summed E-state index contributed by atoms with van der Waals surface area (Å²) in [6.07, 6.45) is 7.45. The molecule has 228 valence electrons. The molecule has 0 saturated carbocycles. The van der Waals surface area contributed by atoms with Gasteiger partial charge in [-0.05, 0) is 106 Å². The molecule has 0 amide bonds. The molecule has 44 heavy (non-hydrogen) atoms. The summed E-state index contributed by atoms with van der Waals surface area (Å²) in [7, 11) is -0.464.